The Kier molecular flexibility index (Phi) is 9.47. The van der Waals surface area contributed by atoms with E-state index in [9.17, 15) is 14.4 Å². The van der Waals surface area contributed by atoms with Crippen LogP contribution in [0.15, 0.2) is 0 Å². The van der Waals surface area contributed by atoms with Gasteiger partial charge in [0.25, 0.3) is 0 Å². The SMILES string of the molecule is CCNCC.CCNCC.O=P(O)(O)C12CC3CC(CC(C3)C1)C2. The smallest absolute Gasteiger partial charge is 0.324 e. The molecule has 0 spiro atoms. The van der Waals surface area contributed by atoms with E-state index in [1.807, 2.05) is 0 Å². The molecule has 0 saturated heterocycles. The maximum Gasteiger partial charge on any atom is 0.331 e. The van der Waals surface area contributed by atoms with Gasteiger partial charge in [0.2, 0.25) is 0 Å². The van der Waals surface area contributed by atoms with E-state index in [4.69, 9.17) is 0 Å². The maximum atomic E-state index is 11.6. The van der Waals surface area contributed by atoms with E-state index in [0.717, 1.165) is 45.4 Å². The molecule has 4 saturated carbocycles. The summed E-state index contributed by atoms with van der Waals surface area (Å²) in [5, 5.41) is 5.63. The van der Waals surface area contributed by atoms with E-state index in [1.165, 1.54) is 19.3 Å². The third-order valence-corrected chi connectivity index (χ3v) is 7.41. The second-order valence-electron chi connectivity index (χ2n) is 7.60. The van der Waals surface area contributed by atoms with Gasteiger partial charge in [0.1, 0.15) is 0 Å². The standard InChI is InChI=1S/C10H17O3P.2C4H11N/c11-14(12,13)10-4-7-1-8(5-10)3-9(2-7)6-10;2*1-3-5-4-2/h7-9H,1-6H2,(H2,11,12,13);2*5H,3-4H2,1-2H3. The number of rotatable bonds is 5. The summed E-state index contributed by atoms with van der Waals surface area (Å²) in [7, 11) is -3.87. The van der Waals surface area contributed by atoms with E-state index in [2.05, 4.69) is 38.3 Å². The van der Waals surface area contributed by atoms with Crippen molar-refractivity contribution in [2.45, 2.75) is 71.4 Å². The van der Waals surface area contributed by atoms with Gasteiger partial charge < -0.3 is 20.4 Å². The normalized spacial score (nSPS) is 33.3. The van der Waals surface area contributed by atoms with Gasteiger partial charge in [-0.3, -0.25) is 4.57 Å². The van der Waals surface area contributed by atoms with E-state index in [1.54, 1.807) is 0 Å². The summed E-state index contributed by atoms with van der Waals surface area (Å²) in [6, 6.07) is 0. The Morgan fingerprint density at radius 3 is 1.25 bits per heavy atom. The lowest BCUT2D eigenvalue weighted by molar-refractivity contribution is 0.0228. The van der Waals surface area contributed by atoms with Crippen molar-refractivity contribution >= 4 is 7.60 Å². The molecule has 4 aliphatic carbocycles. The molecule has 24 heavy (non-hydrogen) atoms. The molecule has 6 heteroatoms. The first-order chi connectivity index (χ1) is 11.3. The molecular weight excluding hydrogens is 323 g/mol. The molecule has 0 unspecified atom stereocenters. The highest BCUT2D eigenvalue weighted by molar-refractivity contribution is 7.53. The Morgan fingerprint density at radius 1 is 0.792 bits per heavy atom. The van der Waals surface area contributed by atoms with Crippen LogP contribution < -0.4 is 10.6 Å². The molecule has 0 atom stereocenters. The number of nitrogens with one attached hydrogen (secondary N) is 2. The molecule has 0 aromatic rings. The van der Waals surface area contributed by atoms with Crippen molar-refractivity contribution in [3.8, 4) is 0 Å². The second-order valence-corrected chi connectivity index (χ2v) is 9.64. The van der Waals surface area contributed by atoms with Gasteiger partial charge >= 0.3 is 7.60 Å². The van der Waals surface area contributed by atoms with Gasteiger partial charge in [0.15, 0.2) is 0 Å². The molecule has 0 radical (unpaired) electrons. The van der Waals surface area contributed by atoms with Crippen LogP contribution in [0.2, 0.25) is 0 Å². The molecule has 5 nitrogen and oxygen atoms in total. The van der Waals surface area contributed by atoms with E-state index in [-0.39, 0.29) is 0 Å². The van der Waals surface area contributed by atoms with Crippen molar-refractivity contribution in [3.05, 3.63) is 0 Å². The predicted molar refractivity (Wildman–Crippen MR) is 101 cm³/mol. The Balaban J connectivity index is 0.000000243. The fourth-order valence-corrected chi connectivity index (χ4v) is 6.41. The Hall–Kier alpha value is 0.0700. The van der Waals surface area contributed by atoms with Gasteiger partial charge in [0, 0.05) is 0 Å². The molecular formula is C18H39N2O3P. The van der Waals surface area contributed by atoms with Crippen LogP contribution in [0.5, 0.6) is 0 Å². The van der Waals surface area contributed by atoms with Gasteiger partial charge in [0.05, 0.1) is 5.16 Å². The fourth-order valence-electron chi connectivity index (χ4n) is 4.92. The summed E-state index contributed by atoms with van der Waals surface area (Å²) >= 11 is 0. The van der Waals surface area contributed by atoms with E-state index < -0.39 is 12.8 Å². The Bertz CT molecular complexity index is 352. The number of hydrogen-bond acceptors (Lipinski definition) is 3. The topological polar surface area (TPSA) is 81.6 Å². The monoisotopic (exact) mass is 362 g/mol. The van der Waals surface area contributed by atoms with Crippen LogP contribution in [0.3, 0.4) is 0 Å². The first kappa shape index (κ1) is 22.1. The summed E-state index contributed by atoms with van der Waals surface area (Å²) in [5.74, 6) is 1.86. The zero-order valence-electron chi connectivity index (χ0n) is 16.1. The zero-order chi connectivity index (χ0) is 18.2. The molecule has 144 valence electrons. The summed E-state index contributed by atoms with van der Waals surface area (Å²) in [5.41, 5.74) is 0. The molecule has 4 aliphatic rings. The molecule has 0 amide bonds. The van der Waals surface area contributed by atoms with Gasteiger partial charge in [-0.25, -0.2) is 0 Å². The molecule has 0 heterocycles. The summed E-state index contributed by atoms with van der Waals surface area (Å²) in [4.78, 5) is 19.0. The average molecular weight is 362 g/mol. The first-order valence-electron chi connectivity index (χ1n) is 9.78. The van der Waals surface area contributed by atoms with Crippen LogP contribution in [0, 0.1) is 17.8 Å². The van der Waals surface area contributed by atoms with Crippen molar-refractivity contribution in [1.29, 1.82) is 0 Å². The Labute approximate surface area is 148 Å². The summed E-state index contributed by atoms with van der Waals surface area (Å²) < 4.78 is 11.6. The van der Waals surface area contributed by atoms with E-state index in [0.29, 0.717) is 17.8 Å². The highest BCUT2D eigenvalue weighted by atomic mass is 31.2. The lowest BCUT2D eigenvalue weighted by Gasteiger charge is -2.56. The predicted octanol–water partition coefficient (Wildman–Crippen LogP) is 3.36. The van der Waals surface area contributed by atoms with Crippen LogP contribution in [-0.2, 0) is 4.57 Å². The molecule has 4 bridgehead atoms. The van der Waals surface area contributed by atoms with E-state index >= 15 is 0 Å². The van der Waals surface area contributed by atoms with Crippen molar-refractivity contribution < 1.29 is 14.4 Å². The van der Waals surface area contributed by atoms with Crippen molar-refractivity contribution in [2.24, 2.45) is 17.8 Å². The van der Waals surface area contributed by atoms with Gasteiger partial charge in [-0.2, -0.15) is 0 Å². The molecule has 0 aliphatic heterocycles. The molecule has 0 aromatic carbocycles. The van der Waals surface area contributed by atoms with Crippen molar-refractivity contribution in [2.75, 3.05) is 26.2 Å². The lowest BCUT2D eigenvalue weighted by Crippen LogP contribution is -2.50. The van der Waals surface area contributed by atoms with Gasteiger partial charge in [-0.15, -0.1) is 0 Å². The van der Waals surface area contributed by atoms with Crippen LogP contribution in [0.1, 0.15) is 66.2 Å². The van der Waals surface area contributed by atoms with Crippen LogP contribution in [0.25, 0.3) is 0 Å². The quantitative estimate of drug-likeness (QED) is 0.564. The molecule has 0 aromatic heterocycles. The Morgan fingerprint density at radius 2 is 1.08 bits per heavy atom. The van der Waals surface area contributed by atoms with Gasteiger partial charge in [-0.1, -0.05) is 27.7 Å². The summed E-state index contributed by atoms with van der Waals surface area (Å²) in [6.45, 7) is 12.8. The second kappa shape index (κ2) is 10.3. The van der Waals surface area contributed by atoms with Crippen LogP contribution in [0.4, 0.5) is 0 Å². The third kappa shape index (κ3) is 6.10. The minimum atomic E-state index is -3.87. The molecule has 4 rings (SSSR count). The summed E-state index contributed by atoms with van der Waals surface area (Å²) in [6.07, 6.45) is 6.09. The largest absolute Gasteiger partial charge is 0.331 e. The zero-order valence-corrected chi connectivity index (χ0v) is 16.9. The molecule has 4 N–H and O–H groups in total. The minimum absolute atomic E-state index is 0.595. The highest BCUT2D eigenvalue weighted by Crippen LogP contribution is 2.69. The van der Waals surface area contributed by atoms with Crippen molar-refractivity contribution in [3.63, 3.8) is 0 Å². The number of hydrogen-bond donors (Lipinski definition) is 4. The third-order valence-electron chi connectivity index (χ3n) is 5.62. The molecule has 4 fully saturated rings. The van der Waals surface area contributed by atoms with Crippen LogP contribution in [-0.4, -0.2) is 41.1 Å². The average Bonchev–Trinajstić information content (AvgIpc) is 2.48. The van der Waals surface area contributed by atoms with Gasteiger partial charge in [-0.05, 0) is 82.5 Å². The minimum Gasteiger partial charge on any atom is -0.324 e. The maximum absolute atomic E-state index is 11.6. The first-order valence-corrected chi connectivity index (χ1v) is 11.4. The van der Waals surface area contributed by atoms with Crippen LogP contribution >= 0.6 is 7.60 Å². The lowest BCUT2D eigenvalue weighted by atomic mass is 9.56. The fraction of sp³-hybridized carbons (Fsp3) is 1.00. The highest BCUT2D eigenvalue weighted by Gasteiger charge is 2.58. The van der Waals surface area contributed by atoms with Crippen molar-refractivity contribution in [1.82, 2.24) is 10.6 Å².